The average molecular weight is 437 g/mol. The van der Waals surface area contributed by atoms with Gasteiger partial charge < -0.3 is 5.32 Å². The molecular formula is C19H18F3N5O2S. The van der Waals surface area contributed by atoms with E-state index in [9.17, 15) is 21.6 Å². The van der Waals surface area contributed by atoms with Gasteiger partial charge in [0.25, 0.3) is 0 Å². The lowest BCUT2D eigenvalue weighted by Crippen LogP contribution is -2.22. The molecule has 1 N–H and O–H groups in total. The molecule has 3 aromatic rings. The van der Waals surface area contributed by atoms with Crippen LogP contribution in [0.2, 0.25) is 0 Å². The molecule has 0 unspecified atom stereocenters. The first-order valence-electron chi connectivity index (χ1n) is 8.69. The van der Waals surface area contributed by atoms with E-state index in [2.05, 4.69) is 20.3 Å². The maximum Gasteiger partial charge on any atom is 0.433 e. The molecule has 0 atom stereocenters. The molecule has 0 aliphatic heterocycles. The number of halogens is 3. The third-order valence-electron chi connectivity index (χ3n) is 4.13. The second-order valence-corrected chi connectivity index (χ2v) is 8.63. The lowest BCUT2D eigenvalue weighted by molar-refractivity contribution is -0.141. The number of aromatic nitrogens is 3. The van der Waals surface area contributed by atoms with Crippen molar-refractivity contribution in [2.75, 3.05) is 19.4 Å². The van der Waals surface area contributed by atoms with Crippen molar-refractivity contribution >= 4 is 15.8 Å². The van der Waals surface area contributed by atoms with Crippen LogP contribution in [0, 0.1) is 0 Å². The Kier molecular flexibility index (Phi) is 6.04. The Bertz CT molecular complexity index is 1120. The van der Waals surface area contributed by atoms with E-state index >= 15 is 0 Å². The lowest BCUT2D eigenvalue weighted by atomic mass is 10.2. The molecule has 0 saturated heterocycles. The molecule has 2 heterocycles. The van der Waals surface area contributed by atoms with E-state index in [0.29, 0.717) is 11.1 Å². The summed E-state index contributed by atoms with van der Waals surface area (Å²) in [6.07, 6.45) is -1.76. The third kappa shape index (κ3) is 4.92. The van der Waals surface area contributed by atoms with Gasteiger partial charge in [0.2, 0.25) is 10.0 Å². The number of alkyl halides is 3. The Labute approximate surface area is 171 Å². The Morgan fingerprint density at radius 3 is 2.20 bits per heavy atom. The zero-order valence-electron chi connectivity index (χ0n) is 16.1. The first kappa shape index (κ1) is 21.7. The minimum atomic E-state index is -4.64. The lowest BCUT2D eigenvalue weighted by Gasteiger charge is -2.13. The van der Waals surface area contributed by atoms with Crippen LogP contribution in [-0.2, 0) is 22.7 Å². The van der Waals surface area contributed by atoms with Gasteiger partial charge in [-0.1, -0.05) is 12.1 Å². The third-order valence-corrected chi connectivity index (χ3v) is 5.96. The second-order valence-electron chi connectivity index (χ2n) is 6.48. The summed E-state index contributed by atoms with van der Waals surface area (Å²) in [6, 6.07) is 9.91. The highest BCUT2D eigenvalue weighted by Crippen LogP contribution is 2.30. The number of pyridine rings is 1. The number of nitrogens with zero attached hydrogens (tertiary/aromatic N) is 4. The van der Waals surface area contributed by atoms with Crippen LogP contribution >= 0.6 is 0 Å². The van der Waals surface area contributed by atoms with Crippen molar-refractivity contribution < 1.29 is 21.6 Å². The number of sulfonamides is 1. The van der Waals surface area contributed by atoms with Gasteiger partial charge in [-0.15, -0.1) is 0 Å². The molecule has 0 amide bonds. The Morgan fingerprint density at radius 1 is 1.00 bits per heavy atom. The summed E-state index contributed by atoms with van der Waals surface area (Å²) in [7, 11) is -0.699. The molecule has 7 nitrogen and oxygen atoms in total. The number of hydrogen-bond acceptors (Lipinski definition) is 6. The summed E-state index contributed by atoms with van der Waals surface area (Å²) in [5.41, 5.74) is 0.00182. The van der Waals surface area contributed by atoms with E-state index in [1.165, 1.54) is 50.8 Å². The zero-order chi connectivity index (χ0) is 21.9. The number of rotatable bonds is 6. The van der Waals surface area contributed by atoms with Crippen molar-refractivity contribution in [2.45, 2.75) is 17.6 Å². The predicted molar refractivity (Wildman–Crippen MR) is 105 cm³/mol. The van der Waals surface area contributed by atoms with Gasteiger partial charge in [0, 0.05) is 44.7 Å². The van der Waals surface area contributed by atoms with Crippen molar-refractivity contribution in [1.29, 1.82) is 0 Å². The van der Waals surface area contributed by atoms with Crippen molar-refractivity contribution in [3.8, 4) is 11.4 Å². The highest BCUT2D eigenvalue weighted by atomic mass is 32.2. The maximum absolute atomic E-state index is 13.3. The summed E-state index contributed by atoms with van der Waals surface area (Å²) in [4.78, 5) is 11.7. The summed E-state index contributed by atoms with van der Waals surface area (Å²) < 4.78 is 65.1. The van der Waals surface area contributed by atoms with Gasteiger partial charge in [-0.2, -0.15) is 13.2 Å². The molecule has 0 saturated carbocycles. The fourth-order valence-corrected chi connectivity index (χ4v) is 3.40. The van der Waals surface area contributed by atoms with E-state index in [1.807, 2.05) is 0 Å². The van der Waals surface area contributed by atoms with Gasteiger partial charge in [0.1, 0.15) is 5.82 Å². The molecular weight excluding hydrogens is 419 g/mol. The normalized spacial score (nSPS) is 12.2. The van der Waals surface area contributed by atoms with Crippen LogP contribution in [0.5, 0.6) is 0 Å². The summed E-state index contributed by atoms with van der Waals surface area (Å²) in [6.45, 7) is 0.145. The number of hydrogen-bond donors (Lipinski definition) is 1. The Balaban J connectivity index is 1.84. The Morgan fingerprint density at radius 2 is 1.63 bits per heavy atom. The quantitative estimate of drug-likeness (QED) is 0.636. The van der Waals surface area contributed by atoms with Crippen molar-refractivity contribution in [3.05, 3.63) is 66.1 Å². The number of benzene rings is 1. The fourth-order valence-electron chi connectivity index (χ4n) is 2.50. The van der Waals surface area contributed by atoms with Crippen LogP contribution in [0.4, 0.5) is 19.0 Å². The molecule has 0 fully saturated rings. The maximum atomic E-state index is 13.3. The van der Waals surface area contributed by atoms with Crippen molar-refractivity contribution in [3.63, 3.8) is 0 Å². The minimum absolute atomic E-state index is 0.00544. The molecule has 0 bridgehead atoms. The van der Waals surface area contributed by atoms with Crippen LogP contribution in [0.15, 0.2) is 59.8 Å². The molecule has 30 heavy (non-hydrogen) atoms. The van der Waals surface area contributed by atoms with Crippen molar-refractivity contribution in [2.24, 2.45) is 0 Å². The van der Waals surface area contributed by atoms with Crippen LogP contribution in [0.1, 0.15) is 11.3 Å². The largest absolute Gasteiger partial charge is 0.433 e. The minimum Gasteiger partial charge on any atom is -0.366 e. The molecule has 0 aliphatic carbocycles. The van der Waals surface area contributed by atoms with Gasteiger partial charge in [-0.05, 0) is 29.8 Å². The summed E-state index contributed by atoms with van der Waals surface area (Å²) >= 11 is 0. The second kappa shape index (κ2) is 8.36. The smallest absolute Gasteiger partial charge is 0.366 e. The van der Waals surface area contributed by atoms with E-state index in [4.69, 9.17) is 0 Å². The van der Waals surface area contributed by atoms with E-state index in [1.54, 1.807) is 12.1 Å². The van der Waals surface area contributed by atoms with Crippen LogP contribution < -0.4 is 5.32 Å². The predicted octanol–water partition coefficient (Wildman–Crippen LogP) is 3.42. The van der Waals surface area contributed by atoms with E-state index < -0.39 is 21.9 Å². The van der Waals surface area contributed by atoms with Gasteiger partial charge in [0.05, 0.1) is 4.90 Å². The molecule has 3 rings (SSSR count). The van der Waals surface area contributed by atoms with Crippen molar-refractivity contribution in [1.82, 2.24) is 19.3 Å². The molecule has 0 radical (unpaired) electrons. The molecule has 0 spiro atoms. The number of anilines is 1. The zero-order valence-corrected chi connectivity index (χ0v) is 16.9. The first-order valence-corrected chi connectivity index (χ1v) is 10.1. The fraction of sp³-hybridized carbons (Fsp3) is 0.211. The first-order chi connectivity index (χ1) is 14.1. The molecule has 0 aliphatic rings. The van der Waals surface area contributed by atoms with Crippen LogP contribution in [0.3, 0.4) is 0 Å². The summed E-state index contributed by atoms with van der Waals surface area (Å²) in [5.74, 6) is -0.0868. The molecule has 1 aromatic carbocycles. The van der Waals surface area contributed by atoms with E-state index in [-0.39, 0.29) is 23.1 Å². The molecule has 2 aromatic heterocycles. The SMILES string of the molecule is CN(C)S(=O)(=O)c1ccc(CNc2cc(C(F)(F)F)nc(-c3ccncc3)n2)cc1. The highest BCUT2D eigenvalue weighted by Gasteiger charge is 2.33. The topological polar surface area (TPSA) is 88.1 Å². The monoisotopic (exact) mass is 437 g/mol. The van der Waals surface area contributed by atoms with E-state index in [0.717, 1.165) is 10.4 Å². The average Bonchev–Trinajstić information content (AvgIpc) is 2.72. The van der Waals surface area contributed by atoms with Crippen LogP contribution in [0.25, 0.3) is 11.4 Å². The van der Waals surface area contributed by atoms with Gasteiger partial charge in [0.15, 0.2) is 11.5 Å². The molecule has 11 heteroatoms. The summed E-state index contributed by atoms with van der Waals surface area (Å²) in [5, 5.41) is 2.84. The van der Waals surface area contributed by atoms with Crippen LogP contribution in [-0.4, -0.2) is 41.8 Å². The van der Waals surface area contributed by atoms with Gasteiger partial charge in [-0.3, -0.25) is 4.98 Å². The highest BCUT2D eigenvalue weighted by molar-refractivity contribution is 7.89. The van der Waals surface area contributed by atoms with Gasteiger partial charge >= 0.3 is 6.18 Å². The molecule has 158 valence electrons. The van der Waals surface area contributed by atoms with Gasteiger partial charge in [-0.25, -0.2) is 22.7 Å². The standard InChI is InChI=1S/C19H18F3N5O2S/c1-27(2)30(28,29)15-5-3-13(4-6-15)12-24-17-11-16(19(20,21)22)25-18(26-17)14-7-9-23-10-8-14/h3-11H,12H2,1-2H3,(H,24,25,26). The number of nitrogens with one attached hydrogen (secondary N) is 1. The Hall–Kier alpha value is -3.05.